The zero-order chi connectivity index (χ0) is 14.7. The molecule has 5 heteroatoms. The third kappa shape index (κ3) is 3.23. The van der Waals surface area contributed by atoms with E-state index in [1.165, 1.54) is 5.56 Å². The molecule has 112 valence electrons. The number of cyclic esters (lactones) is 1. The number of carbonyl (C=O) groups excluding carboxylic acids is 2. The van der Waals surface area contributed by atoms with Crippen LogP contribution in [0.15, 0.2) is 24.5 Å². The van der Waals surface area contributed by atoms with Gasteiger partial charge < -0.3 is 9.64 Å². The summed E-state index contributed by atoms with van der Waals surface area (Å²) in [5, 5.41) is 0. The smallest absolute Gasteiger partial charge is 0.311 e. The normalized spacial score (nSPS) is 24.0. The van der Waals surface area contributed by atoms with Gasteiger partial charge in [-0.1, -0.05) is 6.07 Å². The van der Waals surface area contributed by atoms with Crippen molar-refractivity contribution in [2.24, 2.45) is 11.8 Å². The first-order valence-corrected chi connectivity index (χ1v) is 7.57. The highest BCUT2D eigenvalue weighted by Crippen LogP contribution is 2.30. The van der Waals surface area contributed by atoms with E-state index in [0.29, 0.717) is 26.1 Å². The van der Waals surface area contributed by atoms with E-state index in [1.807, 2.05) is 17.2 Å². The molecule has 0 radical (unpaired) electrons. The zero-order valence-electron chi connectivity index (χ0n) is 12.0. The molecule has 2 aliphatic heterocycles. The number of ether oxygens (including phenoxy) is 1. The first-order chi connectivity index (χ1) is 10.2. The van der Waals surface area contributed by atoms with Crippen LogP contribution in [0, 0.1) is 11.8 Å². The molecular formula is C16H20N2O3. The standard InChI is InChI=1S/C16H20N2O3/c19-15(6-2-1-4-12-5-3-7-17-8-12)18-9-13-11-21-16(20)14(13)10-18/h3,5,7-8,13-14H,1-2,4,6,9-11H2/t13-,14-/m1/s1. The van der Waals surface area contributed by atoms with Crippen molar-refractivity contribution in [3.8, 4) is 0 Å². The molecule has 21 heavy (non-hydrogen) atoms. The van der Waals surface area contributed by atoms with Crippen LogP contribution in [-0.4, -0.2) is 41.5 Å². The van der Waals surface area contributed by atoms with Gasteiger partial charge in [0.15, 0.2) is 0 Å². The molecule has 2 aliphatic rings. The molecule has 0 aromatic carbocycles. The fourth-order valence-electron chi connectivity index (χ4n) is 3.12. The molecule has 1 amide bonds. The molecule has 5 nitrogen and oxygen atoms in total. The summed E-state index contributed by atoms with van der Waals surface area (Å²) in [5.74, 6) is 0.177. The zero-order valence-corrected chi connectivity index (χ0v) is 12.0. The lowest BCUT2D eigenvalue weighted by molar-refractivity contribution is -0.142. The minimum atomic E-state index is -0.133. The number of amides is 1. The predicted molar refractivity (Wildman–Crippen MR) is 76.3 cm³/mol. The molecule has 2 fully saturated rings. The Morgan fingerprint density at radius 3 is 3.05 bits per heavy atom. The minimum absolute atomic E-state index is 0.0793. The minimum Gasteiger partial charge on any atom is -0.465 e. The van der Waals surface area contributed by atoms with Gasteiger partial charge in [0.2, 0.25) is 5.91 Å². The van der Waals surface area contributed by atoms with Crippen LogP contribution in [0.3, 0.4) is 0 Å². The first-order valence-electron chi connectivity index (χ1n) is 7.57. The third-order valence-electron chi connectivity index (χ3n) is 4.37. The summed E-state index contributed by atoms with van der Waals surface area (Å²) < 4.78 is 5.01. The van der Waals surface area contributed by atoms with E-state index in [9.17, 15) is 9.59 Å². The molecule has 0 unspecified atom stereocenters. The summed E-state index contributed by atoms with van der Waals surface area (Å²) in [7, 11) is 0. The monoisotopic (exact) mass is 288 g/mol. The van der Waals surface area contributed by atoms with Crippen molar-refractivity contribution in [2.75, 3.05) is 19.7 Å². The largest absolute Gasteiger partial charge is 0.465 e. The van der Waals surface area contributed by atoms with E-state index in [2.05, 4.69) is 11.1 Å². The number of rotatable bonds is 5. The van der Waals surface area contributed by atoms with E-state index in [-0.39, 0.29) is 23.7 Å². The van der Waals surface area contributed by atoms with Gasteiger partial charge in [0.25, 0.3) is 0 Å². The Labute approximate surface area is 124 Å². The molecule has 0 bridgehead atoms. The Morgan fingerprint density at radius 1 is 1.38 bits per heavy atom. The van der Waals surface area contributed by atoms with Gasteiger partial charge in [-0.15, -0.1) is 0 Å². The second-order valence-electron chi connectivity index (χ2n) is 5.86. The molecule has 0 N–H and O–H groups in total. The number of hydrogen-bond donors (Lipinski definition) is 0. The maximum Gasteiger partial charge on any atom is 0.311 e. The van der Waals surface area contributed by atoms with Gasteiger partial charge in [0.1, 0.15) is 0 Å². The Balaban J connectivity index is 1.38. The topological polar surface area (TPSA) is 59.5 Å². The van der Waals surface area contributed by atoms with Crippen LogP contribution >= 0.6 is 0 Å². The van der Waals surface area contributed by atoms with Crippen LogP contribution in [0.25, 0.3) is 0 Å². The van der Waals surface area contributed by atoms with E-state index in [0.717, 1.165) is 19.3 Å². The number of likely N-dealkylation sites (tertiary alicyclic amines) is 1. The van der Waals surface area contributed by atoms with Gasteiger partial charge in [-0.05, 0) is 30.9 Å². The highest BCUT2D eigenvalue weighted by Gasteiger charge is 2.45. The van der Waals surface area contributed by atoms with Crippen molar-refractivity contribution in [1.82, 2.24) is 9.88 Å². The van der Waals surface area contributed by atoms with Crippen molar-refractivity contribution in [3.63, 3.8) is 0 Å². The Kier molecular flexibility index (Phi) is 4.18. The maximum atomic E-state index is 12.2. The maximum absolute atomic E-state index is 12.2. The van der Waals surface area contributed by atoms with E-state index < -0.39 is 0 Å². The number of esters is 1. The fraction of sp³-hybridized carbons (Fsp3) is 0.562. The number of pyridine rings is 1. The molecule has 2 saturated heterocycles. The second kappa shape index (κ2) is 6.24. The lowest BCUT2D eigenvalue weighted by atomic mass is 10.0. The molecule has 0 saturated carbocycles. The third-order valence-corrected chi connectivity index (χ3v) is 4.37. The van der Waals surface area contributed by atoms with Gasteiger partial charge >= 0.3 is 5.97 Å². The van der Waals surface area contributed by atoms with Crippen LogP contribution in [0.1, 0.15) is 24.8 Å². The van der Waals surface area contributed by atoms with Crippen molar-refractivity contribution < 1.29 is 14.3 Å². The molecular weight excluding hydrogens is 268 g/mol. The number of carbonyl (C=O) groups is 2. The summed E-state index contributed by atoms with van der Waals surface area (Å²) in [6.07, 6.45) is 7.02. The molecule has 3 rings (SSSR count). The summed E-state index contributed by atoms with van der Waals surface area (Å²) in [4.78, 5) is 29.5. The molecule has 2 atom stereocenters. The molecule has 1 aromatic rings. The quantitative estimate of drug-likeness (QED) is 0.607. The highest BCUT2D eigenvalue weighted by molar-refractivity contribution is 5.80. The van der Waals surface area contributed by atoms with Gasteiger partial charge in [0.05, 0.1) is 12.5 Å². The average Bonchev–Trinajstić information content (AvgIpc) is 3.07. The van der Waals surface area contributed by atoms with Crippen LogP contribution in [0.5, 0.6) is 0 Å². The van der Waals surface area contributed by atoms with Crippen LogP contribution in [0.2, 0.25) is 0 Å². The van der Waals surface area contributed by atoms with Gasteiger partial charge in [0, 0.05) is 37.8 Å². The Morgan fingerprint density at radius 2 is 2.29 bits per heavy atom. The number of fused-ring (bicyclic) bond motifs is 1. The van der Waals surface area contributed by atoms with Crippen LogP contribution < -0.4 is 0 Å². The number of unbranched alkanes of at least 4 members (excludes halogenated alkanes) is 1. The molecule has 3 heterocycles. The predicted octanol–water partition coefficient (Wildman–Crippen LogP) is 1.43. The fourth-order valence-corrected chi connectivity index (χ4v) is 3.12. The van der Waals surface area contributed by atoms with E-state index in [1.54, 1.807) is 6.20 Å². The Hall–Kier alpha value is -1.91. The lowest BCUT2D eigenvalue weighted by Crippen LogP contribution is -2.30. The molecule has 1 aromatic heterocycles. The number of aromatic nitrogens is 1. The van der Waals surface area contributed by atoms with Crippen molar-refractivity contribution in [3.05, 3.63) is 30.1 Å². The van der Waals surface area contributed by atoms with Crippen molar-refractivity contribution in [1.29, 1.82) is 0 Å². The van der Waals surface area contributed by atoms with Gasteiger partial charge in [-0.25, -0.2) is 0 Å². The van der Waals surface area contributed by atoms with Gasteiger partial charge in [-0.3, -0.25) is 14.6 Å². The molecule has 0 spiro atoms. The van der Waals surface area contributed by atoms with Gasteiger partial charge in [-0.2, -0.15) is 0 Å². The Bertz CT molecular complexity index is 518. The summed E-state index contributed by atoms with van der Waals surface area (Å²) >= 11 is 0. The number of hydrogen-bond acceptors (Lipinski definition) is 4. The summed E-state index contributed by atoms with van der Waals surface area (Å²) in [5.41, 5.74) is 1.21. The van der Waals surface area contributed by atoms with E-state index >= 15 is 0 Å². The SMILES string of the molecule is O=C1OC[C@H]2CN(C(=O)CCCCc3cccnc3)C[C@@H]12. The summed E-state index contributed by atoms with van der Waals surface area (Å²) in [6.45, 7) is 1.71. The average molecular weight is 288 g/mol. The van der Waals surface area contributed by atoms with Crippen LogP contribution in [0.4, 0.5) is 0 Å². The number of nitrogens with zero attached hydrogens (tertiary/aromatic N) is 2. The molecule has 0 aliphatic carbocycles. The second-order valence-corrected chi connectivity index (χ2v) is 5.86. The van der Waals surface area contributed by atoms with Crippen LogP contribution in [-0.2, 0) is 20.7 Å². The highest BCUT2D eigenvalue weighted by atomic mass is 16.5. The first kappa shape index (κ1) is 14.0. The summed E-state index contributed by atoms with van der Waals surface area (Å²) in [6, 6.07) is 3.99. The van der Waals surface area contributed by atoms with Crippen molar-refractivity contribution >= 4 is 11.9 Å². The lowest BCUT2D eigenvalue weighted by Gasteiger charge is -2.17. The van der Waals surface area contributed by atoms with Crippen molar-refractivity contribution in [2.45, 2.75) is 25.7 Å². The van der Waals surface area contributed by atoms with E-state index in [4.69, 9.17) is 4.74 Å². The number of aryl methyl sites for hydroxylation is 1.